The predicted molar refractivity (Wildman–Crippen MR) is 173 cm³/mol. The van der Waals surface area contributed by atoms with Gasteiger partial charge in [-0.15, -0.1) is 0 Å². The zero-order valence-electron chi connectivity index (χ0n) is 24.4. The largest absolute Gasteiger partial charge is 0.352 e. The normalized spacial score (nSPS) is 14.4. The molecule has 2 amide bonds. The van der Waals surface area contributed by atoms with Crippen LogP contribution in [0.25, 0.3) is 0 Å². The van der Waals surface area contributed by atoms with Crippen LogP contribution in [0, 0.1) is 13.8 Å². The predicted octanol–water partition coefficient (Wildman–Crippen LogP) is 7.33. The second-order valence-corrected chi connectivity index (χ2v) is 14.0. The summed E-state index contributed by atoms with van der Waals surface area (Å²) in [5.74, 6) is -0.816. The number of rotatable bonds is 11. The number of sulfonamides is 1. The van der Waals surface area contributed by atoms with E-state index < -0.39 is 28.5 Å². The second-order valence-electron chi connectivity index (χ2n) is 10.9. The number of nitrogens with one attached hydrogen (secondary N) is 1. The molecule has 0 spiro atoms. The second kappa shape index (κ2) is 14.3. The van der Waals surface area contributed by atoms with E-state index in [1.807, 2.05) is 13.8 Å². The third-order valence-electron chi connectivity index (χ3n) is 7.82. The summed E-state index contributed by atoms with van der Waals surface area (Å²) in [5.41, 5.74) is 2.34. The lowest BCUT2D eigenvalue weighted by molar-refractivity contribution is -0.140. The number of carbonyl (C=O) groups excluding carboxylic acids is 2. The van der Waals surface area contributed by atoms with Crippen molar-refractivity contribution in [3.05, 3.63) is 92.4 Å². The molecule has 0 radical (unpaired) electrons. The van der Waals surface area contributed by atoms with Gasteiger partial charge in [-0.2, -0.15) is 0 Å². The van der Waals surface area contributed by atoms with Crippen LogP contribution < -0.4 is 9.62 Å². The Morgan fingerprint density at radius 1 is 0.930 bits per heavy atom. The summed E-state index contributed by atoms with van der Waals surface area (Å²) in [7, 11) is -4.21. The number of hydrogen-bond donors (Lipinski definition) is 1. The van der Waals surface area contributed by atoms with E-state index in [0.717, 1.165) is 35.6 Å². The molecule has 0 bridgehead atoms. The Morgan fingerprint density at radius 3 is 2.23 bits per heavy atom. The topological polar surface area (TPSA) is 86.8 Å². The van der Waals surface area contributed by atoms with Crippen LogP contribution in [0.15, 0.2) is 65.6 Å². The first-order valence-corrected chi connectivity index (χ1v) is 16.9. The summed E-state index contributed by atoms with van der Waals surface area (Å²) in [6.45, 7) is 4.87. The summed E-state index contributed by atoms with van der Waals surface area (Å²) in [6.07, 6.45) is 4.18. The van der Waals surface area contributed by atoms with E-state index in [1.165, 1.54) is 17.0 Å². The maximum Gasteiger partial charge on any atom is 0.264 e. The van der Waals surface area contributed by atoms with Crippen molar-refractivity contribution in [3.8, 4) is 0 Å². The van der Waals surface area contributed by atoms with Crippen molar-refractivity contribution in [2.24, 2.45) is 0 Å². The highest BCUT2D eigenvalue weighted by Gasteiger charge is 2.35. The zero-order chi connectivity index (χ0) is 31.3. The number of carbonyl (C=O) groups is 2. The van der Waals surface area contributed by atoms with Gasteiger partial charge in [0.2, 0.25) is 11.8 Å². The first kappa shape index (κ1) is 33.1. The van der Waals surface area contributed by atoms with Gasteiger partial charge in [-0.1, -0.05) is 84.4 Å². The van der Waals surface area contributed by atoms with Gasteiger partial charge in [0.1, 0.15) is 12.6 Å². The molecule has 3 aromatic carbocycles. The van der Waals surface area contributed by atoms with Gasteiger partial charge < -0.3 is 10.2 Å². The summed E-state index contributed by atoms with van der Waals surface area (Å²) in [4.78, 5) is 29.4. The molecule has 1 aliphatic rings. The highest BCUT2D eigenvalue weighted by molar-refractivity contribution is 7.92. The third-order valence-corrected chi connectivity index (χ3v) is 10.7. The molecule has 1 aliphatic carbocycles. The smallest absolute Gasteiger partial charge is 0.264 e. The summed E-state index contributed by atoms with van der Waals surface area (Å²) in [5, 5.41) is 4.15. The van der Waals surface area contributed by atoms with Crippen LogP contribution in [0.3, 0.4) is 0 Å². The Morgan fingerprint density at radius 2 is 1.60 bits per heavy atom. The van der Waals surface area contributed by atoms with Gasteiger partial charge in [0, 0.05) is 17.6 Å². The van der Waals surface area contributed by atoms with Gasteiger partial charge in [-0.05, 0) is 80.6 Å². The quantitative estimate of drug-likeness (QED) is 0.233. The highest BCUT2D eigenvalue weighted by atomic mass is 35.5. The van der Waals surface area contributed by atoms with Gasteiger partial charge in [0.05, 0.1) is 20.6 Å². The van der Waals surface area contributed by atoms with Crippen molar-refractivity contribution < 1.29 is 18.0 Å². The number of benzene rings is 3. The molecule has 0 saturated heterocycles. The van der Waals surface area contributed by atoms with E-state index in [1.54, 1.807) is 55.5 Å². The standard InChI is InChI=1S/C32H36Cl3N3O4S/c1-4-29(32(40)36-24-8-5-6-9-24)37(19-23-14-17-27(34)28(35)18-23)31(39)20-38(30-11-7-10-26(33)22(30)3)43(41,42)25-15-12-21(2)13-16-25/h7,10-18,24,29H,4-6,8-9,19-20H2,1-3H3,(H,36,40)/t29-/m0/s1. The fourth-order valence-electron chi connectivity index (χ4n) is 5.34. The Balaban J connectivity index is 1.76. The fourth-order valence-corrected chi connectivity index (χ4v) is 7.30. The van der Waals surface area contributed by atoms with Gasteiger partial charge in [-0.25, -0.2) is 8.42 Å². The molecule has 1 atom stereocenters. The number of nitrogens with zero attached hydrogens (tertiary/aromatic N) is 2. The fraction of sp³-hybridized carbons (Fsp3) is 0.375. The van der Waals surface area contributed by atoms with E-state index in [2.05, 4.69) is 5.32 Å². The number of anilines is 1. The number of hydrogen-bond acceptors (Lipinski definition) is 4. The number of aryl methyl sites for hydroxylation is 1. The molecule has 7 nitrogen and oxygen atoms in total. The molecular formula is C32H36Cl3N3O4S. The van der Waals surface area contributed by atoms with Crippen molar-refractivity contribution in [3.63, 3.8) is 0 Å². The summed E-state index contributed by atoms with van der Waals surface area (Å²) >= 11 is 18.8. The minimum absolute atomic E-state index is 0.0270. The Hall–Kier alpha value is -2.78. The molecule has 11 heteroatoms. The minimum Gasteiger partial charge on any atom is -0.352 e. The monoisotopic (exact) mass is 663 g/mol. The first-order valence-electron chi connectivity index (χ1n) is 14.3. The summed E-state index contributed by atoms with van der Waals surface area (Å²) in [6, 6.07) is 15.6. The maximum atomic E-state index is 14.3. The lowest BCUT2D eigenvalue weighted by Gasteiger charge is -2.34. The molecule has 1 saturated carbocycles. The van der Waals surface area contributed by atoms with E-state index in [-0.39, 0.29) is 29.1 Å². The molecular weight excluding hydrogens is 629 g/mol. The number of amides is 2. The Labute approximate surface area is 269 Å². The van der Waals surface area contributed by atoms with Crippen LogP contribution in [0.4, 0.5) is 5.69 Å². The van der Waals surface area contributed by atoms with E-state index in [9.17, 15) is 18.0 Å². The third kappa shape index (κ3) is 7.85. The lowest BCUT2D eigenvalue weighted by atomic mass is 10.1. The molecule has 43 heavy (non-hydrogen) atoms. The number of halogens is 3. The lowest BCUT2D eigenvalue weighted by Crippen LogP contribution is -2.53. The van der Waals surface area contributed by atoms with Gasteiger partial charge in [0.15, 0.2) is 0 Å². The Bertz CT molecular complexity index is 1580. The van der Waals surface area contributed by atoms with Crippen molar-refractivity contribution >= 4 is 62.3 Å². The first-order chi connectivity index (χ1) is 20.4. The molecule has 1 N–H and O–H groups in total. The molecule has 0 aromatic heterocycles. The molecule has 0 aliphatic heterocycles. The molecule has 0 unspecified atom stereocenters. The van der Waals surface area contributed by atoms with Crippen molar-refractivity contribution in [2.75, 3.05) is 10.8 Å². The van der Waals surface area contributed by atoms with Crippen LogP contribution >= 0.6 is 34.8 Å². The SMILES string of the molecule is CC[C@@H](C(=O)NC1CCCC1)N(Cc1ccc(Cl)c(Cl)c1)C(=O)CN(c1cccc(Cl)c1C)S(=O)(=O)c1ccc(C)cc1. The van der Waals surface area contributed by atoms with Crippen LogP contribution in [-0.2, 0) is 26.2 Å². The Kier molecular flexibility index (Phi) is 11.0. The van der Waals surface area contributed by atoms with Gasteiger partial charge in [-0.3, -0.25) is 13.9 Å². The van der Waals surface area contributed by atoms with E-state index in [4.69, 9.17) is 34.8 Å². The van der Waals surface area contributed by atoms with Gasteiger partial charge >= 0.3 is 0 Å². The van der Waals surface area contributed by atoms with Crippen LogP contribution in [0.2, 0.25) is 15.1 Å². The van der Waals surface area contributed by atoms with Gasteiger partial charge in [0.25, 0.3) is 10.0 Å². The van der Waals surface area contributed by atoms with Crippen molar-refractivity contribution in [2.45, 2.75) is 76.4 Å². The van der Waals surface area contributed by atoms with Crippen LogP contribution in [0.1, 0.15) is 55.7 Å². The molecule has 1 fully saturated rings. The van der Waals surface area contributed by atoms with Crippen molar-refractivity contribution in [1.82, 2.24) is 10.2 Å². The molecule has 3 aromatic rings. The highest BCUT2D eigenvalue weighted by Crippen LogP contribution is 2.32. The van der Waals surface area contributed by atoms with Crippen LogP contribution in [0.5, 0.6) is 0 Å². The van der Waals surface area contributed by atoms with Crippen LogP contribution in [-0.4, -0.2) is 43.8 Å². The minimum atomic E-state index is -4.21. The molecule has 4 rings (SSSR count). The maximum absolute atomic E-state index is 14.3. The van der Waals surface area contributed by atoms with E-state index in [0.29, 0.717) is 32.6 Å². The van der Waals surface area contributed by atoms with Crippen molar-refractivity contribution in [1.29, 1.82) is 0 Å². The zero-order valence-corrected chi connectivity index (χ0v) is 27.5. The molecule has 230 valence electrons. The average Bonchev–Trinajstić information content (AvgIpc) is 3.48. The summed E-state index contributed by atoms with van der Waals surface area (Å²) < 4.78 is 29.3. The molecule has 0 heterocycles. The van der Waals surface area contributed by atoms with E-state index >= 15 is 0 Å². The average molecular weight is 665 g/mol.